The van der Waals surface area contributed by atoms with Gasteiger partial charge in [-0.3, -0.25) is 9.59 Å². The third kappa shape index (κ3) is 6.40. The van der Waals surface area contributed by atoms with E-state index in [1.54, 1.807) is 17.0 Å². The standard InChI is InChI=1S/C24H29F3N8O3/c25-24(26,27)22-19(13-31-32-23(22)37)35-5-1-2-18(35)15-38-14-17(29)10-21(36)34-8-6-33(7-9-34)20-4-3-16(11-28)12-30-20/h3-4,12-13,17-18H,1-2,5-10,14-15,29H2,(H,32,37)/t17-,18+/m1/s1. The first-order chi connectivity index (χ1) is 18.2. The molecular weight excluding hydrogens is 505 g/mol. The molecule has 2 saturated heterocycles. The summed E-state index contributed by atoms with van der Waals surface area (Å²) in [6, 6.07) is 4.58. The zero-order chi connectivity index (χ0) is 27.3. The first-order valence-electron chi connectivity index (χ1n) is 12.3. The Labute approximate surface area is 217 Å². The van der Waals surface area contributed by atoms with Crippen LogP contribution in [0.5, 0.6) is 0 Å². The highest BCUT2D eigenvalue weighted by atomic mass is 19.4. The molecule has 11 nitrogen and oxygen atoms in total. The van der Waals surface area contributed by atoms with Gasteiger partial charge >= 0.3 is 6.18 Å². The van der Waals surface area contributed by atoms with Crippen molar-refractivity contribution in [2.45, 2.75) is 37.5 Å². The Balaban J connectivity index is 1.23. The second kappa shape index (κ2) is 11.8. The number of nitrogens with zero attached hydrogens (tertiary/aromatic N) is 6. The molecule has 0 saturated carbocycles. The summed E-state index contributed by atoms with van der Waals surface area (Å²) in [6.45, 7) is 2.76. The van der Waals surface area contributed by atoms with E-state index < -0.39 is 23.3 Å². The minimum Gasteiger partial charge on any atom is -0.378 e. The summed E-state index contributed by atoms with van der Waals surface area (Å²) < 4.78 is 46.2. The third-order valence-corrected chi connectivity index (χ3v) is 6.72. The van der Waals surface area contributed by atoms with Gasteiger partial charge in [-0.05, 0) is 25.0 Å². The fourth-order valence-electron chi connectivity index (χ4n) is 4.80. The highest BCUT2D eigenvalue weighted by Gasteiger charge is 2.40. The van der Waals surface area contributed by atoms with Crippen LogP contribution < -0.4 is 21.1 Å². The van der Waals surface area contributed by atoms with E-state index >= 15 is 0 Å². The van der Waals surface area contributed by atoms with Crippen LogP contribution in [0, 0.1) is 11.3 Å². The summed E-state index contributed by atoms with van der Waals surface area (Å²) >= 11 is 0. The van der Waals surface area contributed by atoms with Crippen molar-refractivity contribution >= 4 is 17.4 Å². The van der Waals surface area contributed by atoms with Crippen molar-refractivity contribution in [3.05, 3.63) is 46.0 Å². The maximum absolute atomic E-state index is 13.5. The van der Waals surface area contributed by atoms with Gasteiger partial charge in [-0.2, -0.15) is 23.5 Å². The number of nitriles is 1. The molecule has 0 aromatic carbocycles. The van der Waals surface area contributed by atoms with E-state index in [2.05, 4.69) is 10.1 Å². The van der Waals surface area contributed by atoms with Crippen LogP contribution >= 0.6 is 0 Å². The number of carbonyl (C=O) groups excluding carboxylic acids is 1. The molecule has 4 rings (SSSR count). The maximum Gasteiger partial charge on any atom is 0.423 e. The van der Waals surface area contributed by atoms with E-state index in [0.717, 1.165) is 12.0 Å². The summed E-state index contributed by atoms with van der Waals surface area (Å²) in [5.41, 5.74) is 3.80. The number of ether oxygens (including phenoxy) is 1. The molecule has 2 fully saturated rings. The van der Waals surface area contributed by atoms with Crippen LogP contribution in [0.2, 0.25) is 0 Å². The number of nitrogens with two attached hydrogens (primary N) is 1. The number of alkyl halides is 3. The Morgan fingerprint density at radius 1 is 1.24 bits per heavy atom. The zero-order valence-corrected chi connectivity index (χ0v) is 20.7. The number of rotatable bonds is 8. The number of aromatic nitrogens is 3. The van der Waals surface area contributed by atoms with E-state index in [9.17, 15) is 22.8 Å². The number of hydrogen-bond donors (Lipinski definition) is 2. The van der Waals surface area contributed by atoms with Crippen LogP contribution in [0.1, 0.15) is 30.4 Å². The van der Waals surface area contributed by atoms with Gasteiger partial charge < -0.3 is 25.2 Å². The maximum atomic E-state index is 13.5. The molecule has 2 atom stereocenters. The van der Waals surface area contributed by atoms with Crippen LogP contribution in [0.3, 0.4) is 0 Å². The molecule has 0 bridgehead atoms. The van der Waals surface area contributed by atoms with Gasteiger partial charge in [0.05, 0.1) is 36.7 Å². The molecule has 14 heteroatoms. The molecule has 38 heavy (non-hydrogen) atoms. The molecular formula is C24H29F3N8O3. The van der Waals surface area contributed by atoms with Crippen molar-refractivity contribution in [2.75, 3.05) is 55.7 Å². The summed E-state index contributed by atoms with van der Waals surface area (Å²) in [6.07, 6.45) is -0.956. The molecule has 204 valence electrons. The smallest absolute Gasteiger partial charge is 0.378 e. The Hall–Kier alpha value is -3.70. The SMILES string of the molecule is N#Cc1ccc(N2CCN(C(=O)C[C@@H](N)COC[C@@H]3CCCN3c3cn[nH]c(=O)c3C(F)(F)F)CC2)nc1. The number of amides is 1. The van der Waals surface area contributed by atoms with Crippen molar-refractivity contribution in [3.63, 3.8) is 0 Å². The number of halogens is 3. The molecule has 4 heterocycles. The van der Waals surface area contributed by atoms with Gasteiger partial charge in [0.25, 0.3) is 5.56 Å². The second-order valence-electron chi connectivity index (χ2n) is 9.33. The molecule has 3 N–H and O–H groups in total. The molecule has 0 spiro atoms. The topological polar surface area (TPSA) is 144 Å². The van der Waals surface area contributed by atoms with Crippen molar-refractivity contribution in [3.8, 4) is 6.07 Å². The van der Waals surface area contributed by atoms with Gasteiger partial charge in [0.2, 0.25) is 5.91 Å². The van der Waals surface area contributed by atoms with E-state index in [0.29, 0.717) is 51.1 Å². The largest absolute Gasteiger partial charge is 0.423 e. The highest BCUT2D eigenvalue weighted by molar-refractivity contribution is 5.77. The number of H-pyrrole nitrogens is 1. The van der Waals surface area contributed by atoms with Crippen molar-refractivity contribution in [2.24, 2.45) is 5.73 Å². The van der Waals surface area contributed by atoms with Gasteiger partial charge in [0, 0.05) is 51.4 Å². The van der Waals surface area contributed by atoms with Crippen LogP contribution in [0.4, 0.5) is 24.7 Å². The van der Waals surface area contributed by atoms with E-state index in [1.165, 1.54) is 11.1 Å². The number of hydrogen-bond acceptors (Lipinski definition) is 9. The second-order valence-corrected chi connectivity index (χ2v) is 9.33. The van der Waals surface area contributed by atoms with Crippen LogP contribution in [-0.4, -0.2) is 84.0 Å². The predicted octanol–water partition coefficient (Wildman–Crippen LogP) is 1.11. The Kier molecular flexibility index (Phi) is 8.48. The van der Waals surface area contributed by atoms with Gasteiger partial charge in [-0.1, -0.05) is 0 Å². The van der Waals surface area contributed by atoms with Gasteiger partial charge in [-0.25, -0.2) is 10.1 Å². The van der Waals surface area contributed by atoms with Crippen molar-refractivity contribution in [1.82, 2.24) is 20.1 Å². The molecule has 2 aromatic rings. The number of anilines is 2. The first-order valence-corrected chi connectivity index (χ1v) is 12.3. The van der Waals surface area contributed by atoms with E-state index in [1.807, 2.05) is 16.1 Å². The van der Waals surface area contributed by atoms with E-state index in [4.69, 9.17) is 15.7 Å². The lowest BCUT2D eigenvalue weighted by atomic mass is 10.1. The van der Waals surface area contributed by atoms with Crippen molar-refractivity contribution in [1.29, 1.82) is 5.26 Å². The number of aromatic amines is 1. The molecule has 0 aliphatic carbocycles. The van der Waals surface area contributed by atoms with Gasteiger partial charge in [0.15, 0.2) is 0 Å². The molecule has 2 aliphatic heterocycles. The number of piperazine rings is 1. The highest BCUT2D eigenvalue weighted by Crippen LogP contribution is 2.36. The minimum atomic E-state index is -4.81. The Morgan fingerprint density at radius 2 is 2.00 bits per heavy atom. The summed E-state index contributed by atoms with van der Waals surface area (Å²) in [5, 5.41) is 14.3. The average molecular weight is 535 g/mol. The Bertz CT molecular complexity index is 1210. The average Bonchev–Trinajstić information content (AvgIpc) is 3.36. The van der Waals surface area contributed by atoms with Gasteiger partial charge in [-0.15, -0.1) is 0 Å². The molecule has 0 unspecified atom stereocenters. The van der Waals surface area contributed by atoms with Crippen molar-refractivity contribution < 1.29 is 22.7 Å². The van der Waals surface area contributed by atoms with Crippen LogP contribution in [0.25, 0.3) is 0 Å². The summed E-state index contributed by atoms with van der Waals surface area (Å²) in [4.78, 5) is 34.1. The quantitative estimate of drug-likeness (QED) is 0.509. The van der Waals surface area contributed by atoms with Gasteiger partial charge in [0.1, 0.15) is 17.5 Å². The van der Waals surface area contributed by atoms with Crippen LogP contribution in [0.15, 0.2) is 29.3 Å². The fraction of sp³-hybridized carbons (Fsp3) is 0.542. The van der Waals surface area contributed by atoms with Crippen LogP contribution in [-0.2, 0) is 15.7 Å². The Morgan fingerprint density at radius 3 is 2.66 bits per heavy atom. The van der Waals surface area contributed by atoms with E-state index in [-0.39, 0.29) is 37.3 Å². The molecule has 1 amide bonds. The monoisotopic (exact) mass is 534 g/mol. The summed E-state index contributed by atoms with van der Waals surface area (Å²) in [5.74, 6) is 0.654. The lowest BCUT2D eigenvalue weighted by molar-refractivity contribution is -0.138. The molecule has 0 radical (unpaired) electrons. The fourth-order valence-corrected chi connectivity index (χ4v) is 4.80. The zero-order valence-electron chi connectivity index (χ0n) is 20.7. The molecule has 2 aliphatic rings. The predicted molar refractivity (Wildman–Crippen MR) is 131 cm³/mol. The number of nitrogens with one attached hydrogen (secondary N) is 1. The number of pyridine rings is 1. The third-order valence-electron chi connectivity index (χ3n) is 6.72. The normalized spacial score (nSPS) is 18.9. The minimum absolute atomic E-state index is 0.0744. The lowest BCUT2D eigenvalue weighted by Gasteiger charge is -2.35. The number of carbonyl (C=O) groups is 1. The summed E-state index contributed by atoms with van der Waals surface area (Å²) in [7, 11) is 0. The lowest BCUT2D eigenvalue weighted by Crippen LogP contribution is -2.50. The molecule has 2 aromatic heterocycles. The first kappa shape index (κ1) is 27.3.